The summed E-state index contributed by atoms with van der Waals surface area (Å²) in [5.74, 6) is -1.01. The lowest BCUT2D eigenvalue weighted by Gasteiger charge is -2.15. The van der Waals surface area contributed by atoms with Gasteiger partial charge >= 0.3 is 6.18 Å². The quantitative estimate of drug-likeness (QED) is 0.590. The molecule has 0 atom stereocenters. The number of hydrogen-bond donors (Lipinski definition) is 1. The van der Waals surface area contributed by atoms with Gasteiger partial charge in [-0.25, -0.2) is 4.39 Å². The van der Waals surface area contributed by atoms with Crippen molar-refractivity contribution < 1.29 is 31.8 Å². The predicted octanol–water partition coefficient (Wildman–Crippen LogP) is 4.05. The smallest absolute Gasteiger partial charge is 0.416 e. The van der Waals surface area contributed by atoms with E-state index in [1.165, 1.54) is 25.3 Å². The Morgan fingerprint density at radius 3 is 2.54 bits per heavy atom. The summed E-state index contributed by atoms with van der Waals surface area (Å²) in [6.07, 6.45) is -4.75. The van der Waals surface area contributed by atoms with E-state index in [0.29, 0.717) is 5.56 Å². The van der Waals surface area contributed by atoms with Gasteiger partial charge in [0.25, 0.3) is 0 Å². The molecule has 0 bridgehead atoms. The summed E-state index contributed by atoms with van der Waals surface area (Å²) < 4.78 is 62.1. The molecule has 2 aromatic rings. The second kappa shape index (κ2) is 8.66. The van der Waals surface area contributed by atoms with Crippen LogP contribution in [0.5, 0.6) is 5.75 Å². The first-order valence-corrected chi connectivity index (χ1v) is 7.67. The van der Waals surface area contributed by atoms with Crippen molar-refractivity contribution in [1.29, 1.82) is 0 Å². The summed E-state index contributed by atoms with van der Waals surface area (Å²) in [7, 11) is 1.46. The van der Waals surface area contributed by atoms with E-state index in [-0.39, 0.29) is 31.1 Å². The van der Waals surface area contributed by atoms with Gasteiger partial charge in [0.2, 0.25) is 5.91 Å². The number of methoxy groups -OCH3 is 1. The molecule has 2 rings (SSSR count). The molecule has 0 unspecified atom stereocenters. The molecule has 0 aliphatic heterocycles. The third-order valence-corrected chi connectivity index (χ3v) is 3.38. The second-order valence-electron chi connectivity index (χ2n) is 5.40. The summed E-state index contributed by atoms with van der Waals surface area (Å²) in [5, 5.41) is 2.39. The van der Waals surface area contributed by atoms with Gasteiger partial charge in [0.15, 0.2) is 0 Å². The van der Waals surface area contributed by atoms with E-state index in [1.807, 2.05) is 0 Å². The highest BCUT2D eigenvalue weighted by Gasteiger charge is 2.31. The van der Waals surface area contributed by atoms with Crippen LogP contribution in [0.3, 0.4) is 0 Å². The molecule has 0 heterocycles. The summed E-state index contributed by atoms with van der Waals surface area (Å²) >= 11 is 0. The Morgan fingerprint density at radius 1 is 1.12 bits per heavy atom. The molecule has 8 heteroatoms. The number of halogens is 4. The van der Waals surface area contributed by atoms with Gasteiger partial charge in [-0.1, -0.05) is 12.1 Å². The molecule has 0 aliphatic carbocycles. The molecule has 2 aromatic carbocycles. The molecule has 26 heavy (non-hydrogen) atoms. The molecular formula is C18H17F4NO3. The van der Waals surface area contributed by atoms with E-state index in [1.54, 1.807) is 6.07 Å². The first-order valence-electron chi connectivity index (χ1n) is 7.67. The summed E-state index contributed by atoms with van der Waals surface area (Å²) in [6.45, 7) is 0.340. The number of nitrogens with one attached hydrogen (secondary N) is 1. The number of hydrogen-bond acceptors (Lipinski definition) is 3. The number of benzene rings is 2. The zero-order valence-electron chi connectivity index (χ0n) is 13.9. The minimum absolute atomic E-state index is 0.0858. The van der Waals surface area contributed by atoms with Gasteiger partial charge in [-0.3, -0.25) is 4.79 Å². The Balaban J connectivity index is 2.19. The Hall–Kier alpha value is -2.61. The fourth-order valence-corrected chi connectivity index (χ4v) is 2.19. The minimum atomic E-state index is -4.56. The lowest BCUT2D eigenvalue weighted by Crippen LogP contribution is -2.17. The van der Waals surface area contributed by atoms with Crippen LogP contribution in [0.15, 0.2) is 42.5 Å². The van der Waals surface area contributed by atoms with Crippen molar-refractivity contribution in [2.45, 2.75) is 12.6 Å². The minimum Gasteiger partial charge on any atom is -0.489 e. The monoisotopic (exact) mass is 371 g/mol. The Morgan fingerprint density at radius 2 is 1.88 bits per heavy atom. The highest BCUT2D eigenvalue weighted by molar-refractivity contribution is 5.93. The van der Waals surface area contributed by atoms with E-state index >= 15 is 0 Å². The molecule has 1 N–H and O–H groups in total. The van der Waals surface area contributed by atoms with Crippen molar-refractivity contribution >= 4 is 11.6 Å². The molecule has 0 aliphatic rings. The van der Waals surface area contributed by atoms with Crippen LogP contribution in [0.2, 0.25) is 0 Å². The van der Waals surface area contributed by atoms with Gasteiger partial charge in [-0.05, 0) is 35.9 Å². The molecule has 0 aromatic heterocycles. The number of alkyl halides is 3. The number of carbonyl (C=O) groups is 1. The number of anilines is 1. The van der Waals surface area contributed by atoms with Gasteiger partial charge in [-0.2, -0.15) is 13.2 Å². The molecule has 0 fully saturated rings. The summed E-state index contributed by atoms with van der Waals surface area (Å²) in [5.41, 5.74) is -0.633. The van der Waals surface area contributed by atoms with Gasteiger partial charge in [0.1, 0.15) is 18.2 Å². The first-order chi connectivity index (χ1) is 12.3. The SMILES string of the molecule is COCCOc1ccc(C(F)(F)F)cc1NC(=O)Cc1cccc(F)c1. The van der Waals surface area contributed by atoms with Gasteiger partial charge in [-0.15, -0.1) is 0 Å². The van der Waals surface area contributed by atoms with Crippen LogP contribution < -0.4 is 10.1 Å². The number of amides is 1. The average Bonchev–Trinajstić information content (AvgIpc) is 2.55. The molecule has 140 valence electrons. The summed E-state index contributed by atoms with van der Waals surface area (Å²) in [6, 6.07) is 8.20. The largest absolute Gasteiger partial charge is 0.489 e. The van der Waals surface area contributed by atoms with Gasteiger partial charge in [0, 0.05) is 7.11 Å². The van der Waals surface area contributed by atoms with Crippen molar-refractivity contribution in [3.8, 4) is 5.75 Å². The molecule has 0 saturated carbocycles. The zero-order valence-corrected chi connectivity index (χ0v) is 13.9. The standard InChI is InChI=1S/C18H17F4NO3/c1-25-7-8-26-16-6-5-13(18(20,21)22)11-15(16)23-17(24)10-12-3-2-4-14(19)9-12/h2-6,9,11H,7-8,10H2,1H3,(H,23,24). The van der Waals surface area contributed by atoms with Crippen LogP contribution in [0.1, 0.15) is 11.1 Å². The predicted molar refractivity (Wildman–Crippen MR) is 87.5 cm³/mol. The number of rotatable bonds is 7. The van der Waals surface area contributed by atoms with Crippen LogP contribution in [0.25, 0.3) is 0 Å². The molecule has 0 saturated heterocycles. The first kappa shape index (κ1) is 19.7. The van der Waals surface area contributed by atoms with Crippen LogP contribution in [0, 0.1) is 5.82 Å². The van der Waals surface area contributed by atoms with E-state index in [2.05, 4.69) is 5.32 Å². The Bertz CT molecular complexity index is 762. The molecular weight excluding hydrogens is 354 g/mol. The molecule has 0 spiro atoms. The molecule has 4 nitrogen and oxygen atoms in total. The van der Waals surface area contributed by atoms with E-state index < -0.39 is 23.5 Å². The van der Waals surface area contributed by atoms with E-state index in [9.17, 15) is 22.4 Å². The third kappa shape index (κ3) is 5.73. The fraction of sp³-hybridized carbons (Fsp3) is 0.278. The maximum atomic E-state index is 13.2. The fourth-order valence-electron chi connectivity index (χ4n) is 2.19. The van der Waals surface area contributed by atoms with Crippen molar-refractivity contribution in [3.63, 3.8) is 0 Å². The maximum absolute atomic E-state index is 13.2. The van der Waals surface area contributed by atoms with Crippen LogP contribution >= 0.6 is 0 Å². The van der Waals surface area contributed by atoms with Crippen molar-refractivity contribution in [2.24, 2.45) is 0 Å². The second-order valence-corrected chi connectivity index (χ2v) is 5.40. The highest BCUT2D eigenvalue weighted by Crippen LogP contribution is 2.35. The topological polar surface area (TPSA) is 47.6 Å². The van der Waals surface area contributed by atoms with E-state index in [4.69, 9.17) is 9.47 Å². The number of carbonyl (C=O) groups excluding carboxylic acids is 1. The highest BCUT2D eigenvalue weighted by atomic mass is 19.4. The normalized spacial score (nSPS) is 11.3. The van der Waals surface area contributed by atoms with Crippen LogP contribution in [-0.4, -0.2) is 26.2 Å². The van der Waals surface area contributed by atoms with Crippen molar-refractivity contribution in [3.05, 3.63) is 59.4 Å². The van der Waals surface area contributed by atoms with Crippen LogP contribution in [-0.2, 0) is 22.1 Å². The molecule has 0 radical (unpaired) electrons. The Kier molecular flexibility index (Phi) is 6.57. The van der Waals surface area contributed by atoms with Crippen molar-refractivity contribution in [1.82, 2.24) is 0 Å². The third-order valence-electron chi connectivity index (χ3n) is 3.38. The van der Waals surface area contributed by atoms with Crippen LogP contribution in [0.4, 0.5) is 23.2 Å². The number of ether oxygens (including phenoxy) is 2. The maximum Gasteiger partial charge on any atom is 0.416 e. The molecule has 1 amide bonds. The lowest BCUT2D eigenvalue weighted by atomic mass is 10.1. The van der Waals surface area contributed by atoms with Gasteiger partial charge in [0.05, 0.1) is 24.3 Å². The lowest BCUT2D eigenvalue weighted by molar-refractivity contribution is -0.137. The van der Waals surface area contributed by atoms with Crippen molar-refractivity contribution in [2.75, 3.05) is 25.6 Å². The average molecular weight is 371 g/mol. The summed E-state index contributed by atoms with van der Waals surface area (Å²) in [4.78, 5) is 12.1. The zero-order chi connectivity index (χ0) is 19.2. The Labute approximate surface area is 147 Å². The van der Waals surface area contributed by atoms with Gasteiger partial charge < -0.3 is 14.8 Å². The van der Waals surface area contributed by atoms with E-state index in [0.717, 1.165) is 18.2 Å².